The van der Waals surface area contributed by atoms with Crippen LogP contribution in [-0.2, 0) is 0 Å². The molecule has 1 atom stereocenters. The van der Waals surface area contributed by atoms with Crippen LogP contribution in [-0.4, -0.2) is 30.5 Å². The van der Waals surface area contributed by atoms with Crippen molar-refractivity contribution in [3.8, 4) is 0 Å². The Morgan fingerprint density at radius 3 is 2.50 bits per heavy atom. The number of hydrogen-bond acceptors (Lipinski definition) is 5. The topological polar surface area (TPSA) is 58.4 Å². The van der Waals surface area contributed by atoms with Crippen molar-refractivity contribution in [3.05, 3.63) is 56.8 Å². The van der Waals surface area contributed by atoms with Gasteiger partial charge in [-0.2, -0.15) is 0 Å². The van der Waals surface area contributed by atoms with Crippen LogP contribution < -0.4 is 5.32 Å². The molecule has 0 spiro atoms. The lowest BCUT2D eigenvalue weighted by Crippen LogP contribution is -2.26. The number of nitro benzene ring substituents is 1. The molecule has 0 saturated carbocycles. The number of thiophene rings is 1. The second-order valence-electron chi connectivity index (χ2n) is 4.68. The lowest BCUT2D eigenvalue weighted by molar-refractivity contribution is -0.384. The molecule has 0 bridgehead atoms. The van der Waals surface area contributed by atoms with E-state index in [4.69, 9.17) is 0 Å². The van der Waals surface area contributed by atoms with Crippen molar-refractivity contribution in [3.63, 3.8) is 0 Å². The number of benzene rings is 1. The summed E-state index contributed by atoms with van der Waals surface area (Å²) in [5.74, 6) is 0. The Morgan fingerprint density at radius 1 is 1.30 bits per heavy atom. The van der Waals surface area contributed by atoms with E-state index in [0.29, 0.717) is 0 Å². The van der Waals surface area contributed by atoms with Crippen LogP contribution in [0.1, 0.15) is 10.9 Å². The molecule has 0 amide bonds. The summed E-state index contributed by atoms with van der Waals surface area (Å²) < 4.78 is 0. The average molecular weight is 291 g/mol. The molecule has 0 aliphatic heterocycles. The van der Waals surface area contributed by atoms with E-state index < -0.39 is 4.92 Å². The van der Waals surface area contributed by atoms with Crippen molar-refractivity contribution in [2.24, 2.45) is 0 Å². The number of nitrogens with zero attached hydrogens (tertiary/aromatic N) is 2. The molecule has 6 heteroatoms. The molecule has 0 aliphatic rings. The lowest BCUT2D eigenvalue weighted by atomic mass is 10.2. The van der Waals surface area contributed by atoms with Crippen LogP contribution in [0.15, 0.2) is 41.8 Å². The molecular weight excluding hydrogens is 274 g/mol. The molecule has 20 heavy (non-hydrogen) atoms. The van der Waals surface area contributed by atoms with Gasteiger partial charge in [-0.25, -0.2) is 0 Å². The summed E-state index contributed by atoms with van der Waals surface area (Å²) in [5.41, 5.74) is 0.997. The second kappa shape index (κ2) is 6.49. The molecule has 0 saturated heterocycles. The fourth-order valence-electron chi connectivity index (χ4n) is 1.93. The minimum atomic E-state index is -0.391. The largest absolute Gasteiger partial charge is 0.383 e. The van der Waals surface area contributed by atoms with E-state index >= 15 is 0 Å². The van der Waals surface area contributed by atoms with Crippen LogP contribution in [0, 0.1) is 10.1 Å². The number of nitro groups is 1. The Balaban J connectivity index is 2.01. The van der Waals surface area contributed by atoms with Crippen molar-refractivity contribution < 1.29 is 4.92 Å². The first-order valence-electron chi connectivity index (χ1n) is 6.26. The number of likely N-dealkylation sites (N-methyl/N-ethyl adjacent to an activating group) is 1. The van der Waals surface area contributed by atoms with Crippen LogP contribution in [0.4, 0.5) is 11.4 Å². The van der Waals surface area contributed by atoms with Gasteiger partial charge in [0.15, 0.2) is 0 Å². The van der Waals surface area contributed by atoms with Gasteiger partial charge in [-0.05, 0) is 37.7 Å². The molecule has 5 nitrogen and oxygen atoms in total. The van der Waals surface area contributed by atoms with Crippen molar-refractivity contribution in [1.29, 1.82) is 0 Å². The van der Waals surface area contributed by atoms with Gasteiger partial charge in [0.2, 0.25) is 0 Å². The van der Waals surface area contributed by atoms with E-state index in [1.807, 2.05) is 20.2 Å². The number of hydrogen-bond donors (Lipinski definition) is 1. The maximum absolute atomic E-state index is 10.6. The smallest absolute Gasteiger partial charge is 0.269 e. The first-order chi connectivity index (χ1) is 9.58. The molecule has 1 heterocycles. The zero-order valence-corrected chi connectivity index (χ0v) is 12.3. The molecule has 1 aromatic carbocycles. The monoisotopic (exact) mass is 291 g/mol. The molecule has 0 fully saturated rings. The van der Waals surface area contributed by atoms with E-state index in [1.54, 1.807) is 23.5 Å². The molecule has 1 aromatic heterocycles. The van der Waals surface area contributed by atoms with Gasteiger partial charge in [0, 0.05) is 29.2 Å². The highest BCUT2D eigenvalue weighted by Gasteiger charge is 2.14. The van der Waals surface area contributed by atoms with Gasteiger partial charge in [0.05, 0.1) is 11.0 Å². The average Bonchev–Trinajstić information content (AvgIpc) is 2.93. The summed E-state index contributed by atoms with van der Waals surface area (Å²) in [6.45, 7) is 0.755. The summed E-state index contributed by atoms with van der Waals surface area (Å²) in [7, 11) is 4.09. The third kappa shape index (κ3) is 3.55. The molecular formula is C14H17N3O2S. The second-order valence-corrected chi connectivity index (χ2v) is 5.66. The van der Waals surface area contributed by atoms with Crippen molar-refractivity contribution in [1.82, 2.24) is 4.90 Å². The van der Waals surface area contributed by atoms with Gasteiger partial charge in [0.25, 0.3) is 5.69 Å². The highest BCUT2D eigenvalue weighted by atomic mass is 32.1. The van der Waals surface area contributed by atoms with Crippen molar-refractivity contribution in [2.75, 3.05) is 26.0 Å². The maximum Gasteiger partial charge on any atom is 0.269 e. The maximum atomic E-state index is 10.6. The number of anilines is 1. The predicted molar refractivity (Wildman–Crippen MR) is 82.3 cm³/mol. The minimum absolute atomic E-state index is 0.109. The molecule has 1 unspecified atom stereocenters. The van der Waals surface area contributed by atoms with Crippen LogP contribution >= 0.6 is 11.3 Å². The van der Waals surface area contributed by atoms with E-state index in [-0.39, 0.29) is 11.7 Å². The van der Waals surface area contributed by atoms with Crippen LogP contribution in [0.5, 0.6) is 0 Å². The molecule has 2 rings (SSSR count). The quantitative estimate of drug-likeness (QED) is 0.655. The van der Waals surface area contributed by atoms with Gasteiger partial charge in [-0.3, -0.25) is 10.1 Å². The standard InChI is InChI=1S/C14H17N3O2S/c1-16(2)13(14-4-3-9-20-14)10-15-11-5-7-12(8-6-11)17(18)19/h3-9,13,15H,10H2,1-2H3. The van der Waals surface area contributed by atoms with Gasteiger partial charge < -0.3 is 10.2 Å². The highest BCUT2D eigenvalue weighted by Crippen LogP contribution is 2.24. The Morgan fingerprint density at radius 2 is 2.00 bits per heavy atom. The van der Waals surface area contributed by atoms with Gasteiger partial charge >= 0.3 is 0 Å². The van der Waals surface area contributed by atoms with E-state index in [1.165, 1.54) is 17.0 Å². The summed E-state index contributed by atoms with van der Waals surface area (Å²) >= 11 is 1.73. The first kappa shape index (κ1) is 14.5. The van der Waals surface area contributed by atoms with Gasteiger partial charge in [-0.15, -0.1) is 11.3 Å². The Bertz CT molecular complexity index is 552. The van der Waals surface area contributed by atoms with Crippen LogP contribution in [0.25, 0.3) is 0 Å². The third-order valence-corrected chi connectivity index (χ3v) is 4.05. The first-order valence-corrected chi connectivity index (χ1v) is 7.14. The minimum Gasteiger partial charge on any atom is -0.383 e. The van der Waals surface area contributed by atoms with Crippen LogP contribution in [0.3, 0.4) is 0 Å². The van der Waals surface area contributed by atoms with Gasteiger partial charge in [0.1, 0.15) is 0 Å². The number of nitrogens with one attached hydrogen (secondary N) is 1. The third-order valence-electron chi connectivity index (χ3n) is 3.07. The van der Waals surface area contributed by atoms with E-state index in [9.17, 15) is 10.1 Å². The van der Waals surface area contributed by atoms with E-state index in [2.05, 4.69) is 21.7 Å². The van der Waals surface area contributed by atoms with Crippen LogP contribution in [0.2, 0.25) is 0 Å². The molecule has 106 valence electrons. The summed E-state index contributed by atoms with van der Waals surface area (Å²) in [4.78, 5) is 13.7. The number of rotatable bonds is 6. The zero-order chi connectivity index (χ0) is 14.5. The molecule has 1 N–H and O–H groups in total. The zero-order valence-electron chi connectivity index (χ0n) is 11.4. The molecule has 0 aliphatic carbocycles. The SMILES string of the molecule is CN(C)C(CNc1ccc([N+](=O)[O-])cc1)c1cccs1. The fraction of sp³-hybridized carbons (Fsp3) is 0.286. The van der Waals surface area contributed by atoms with Gasteiger partial charge in [-0.1, -0.05) is 6.07 Å². The molecule has 2 aromatic rings. The number of non-ortho nitro benzene ring substituents is 1. The van der Waals surface area contributed by atoms with Crippen molar-refractivity contribution >= 4 is 22.7 Å². The fourth-order valence-corrected chi connectivity index (χ4v) is 2.86. The lowest BCUT2D eigenvalue weighted by Gasteiger charge is -2.24. The summed E-state index contributed by atoms with van der Waals surface area (Å²) in [6, 6.07) is 10.9. The Labute approximate surface area is 122 Å². The Hall–Kier alpha value is -1.92. The van der Waals surface area contributed by atoms with E-state index in [0.717, 1.165) is 12.2 Å². The summed E-state index contributed by atoms with van der Waals surface area (Å²) in [6.07, 6.45) is 0. The summed E-state index contributed by atoms with van der Waals surface area (Å²) in [5, 5.41) is 16.0. The normalized spacial score (nSPS) is 12.3. The van der Waals surface area contributed by atoms with Crippen molar-refractivity contribution in [2.45, 2.75) is 6.04 Å². The molecule has 0 radical (unpaired) electrons. The highest BCUT2D eigenvalue weighted by molar-refractivity contribution is 7.10. The predicted octanol–water partition coefficient (Wildman–Crippen LogP) is 3.37. The Kier molecular flexibility index (Phi) is 4.70.